The van der Waals surface area contributed by atoms with Crippen molar-refractivity contribution in [3.05, 3.63) is 97.8 Å². The third-order valence-corrected chi connectivity index (χ3v) is 4.81. The molecule has 2 aliphatic rings. The molecule has 0 heterocycles. The zero-order valence-corrected chi connectivity index (χ0v) is 19.5. The van der Waals surface area contributed by atoms with Crippen LogP contribution in [-0.4, -0.2) is 18.6 Å². The molecule has 0 saturated heterocycles. The van der Waals surface area contributed by atoms with E-state index in [0.29, 0.717) is 11.8 Å². The molecule has 0 fully saturated rings. The topological polar surface area (TPSA) is 20.2 Å². The molecular formula is C22H25ClOSiZr. The van der Waals surface area contributed by atoms with Crippen molar-refractivity contribution in [2.45, 2.75) is 11.8 Å². The van der Waals surface area contributed by atoms with E-state index in [9.17, 15) is 5.11 Å². The average molecular weight is 460 g/mol. The number of rotatable bonds is 3. The molecule has 26 heavy (non-hydrogen) atoms. The van der Waals surface area contributed by atoms with Crippen LogP contribution in [0.3, 0.4) is 0 Å². The van der Waals surface area contributed by atoms with E-state index in [-0.39, 0.29) is 39.8 Å². The molecule has 2 aromatic rings. The first-order chi connectivity index (χ1) is 11.4. The maximum atomic E-state index is 10.0. The van der Waals surface area contributed by atoms with Gasteiger partial charge in [-0.2, -0.15) is 0 Å². The van der Waals surface area contributed by atoms with E-state index in [4.69, 9.17) is 0 Å². The third kappa shape index (κ3) is 4.75. The first kappa shape index (κ1) is 25.3. The fourth-order valence-electron chi connectivity index (χ4n) is 3.75. The fourth-order valence-corrected chi connectivity index (χ4v) is 3.75. The standard InChI is InChI=1S/C20H18O.2CH3.ClH.Si.Zr/c21-13-20(18-11-9-14-5-1-3-7-16(14)18)19-12-10-15-6-2-4-8-17(15)19;;;;;/h1-12,18-21H,13H2;2*1H3;1H;;/q;2*-1;;;+2. The number of aliphatic hydroxyl groups excluding tert-OH is 1. The molecule has 0 bridgehead atoms. The number of hydrogen-bond acceptors (Lipinski definition) is 1. The Morgan fingerprint density at radius 1 is 0.808 bits per heavy atom. The van der Waals surface area contributed by atoms with Crippen LogP contribution in [0.25, 0.3) is 12.2 Å². The van der Waals surface area contributed by atoms with Gasteiger partial charge in [0.2, 0.25) is 0 Å². The van der Waals surface area contributed by atoms with E-state index in [1.165, 1.54) is 45.6 Å². The van der Waals surface area contributed by atoms with Gasteiger partial charge >= 0.3 is 30.2 Å². The van der Waals surface area contributed by atoms with Crippen LogP contribution in [0.4, 0.5) is 0 Å². The molecule has 4 heteroatoms. The average Bonchev–Trinajstić information content (AvgIpc) is 3.23. The SMILES string of the molecule is Cl.OCC(C1C=Cc2ccccc21)C1C=Cc2ccccc21.[CH3-].[CH3-].[Si]=[Zr+2]. The van der Waals surface area contributed by atoms with Crippen molar-refractivity contribution >= 4 is 31.4 Å². The molecule has 2 aromatic carbocycles. The molecule has 0 spiro atoms. The van der Waals surface area contributed by atoms with Crippen LogP contribution < -0.4 is 0 Å². The summed E-state index contributed by atoms with van der Waals surface area (Å²) in [6.45, 7) is 3.26. The van der Waals surface area contributed by atoms with Crippen LogP contribution >= 0.6 is 12.4 Å². The second-order valence-corrected chi connectivity index (χ2v) is 5.87. The molecule has 0 aromatic heterocycles. The van der Waals surface area contributed by atoms with Crippen LogP contribution in [-0.2, 0) is 23.3 Å². The number of halogens is 1. The van der Waals surface area contributed by atoms with Gasteiger partial charge in [0, 0.05) is 24.4 Å². The van der Waals surface area contributed by atoms with Crippen LogP contribution in [0.5, 0.6) is 0 Å². The predicted molar refractivity (Wildman–Crippen MR) is 113 cm³/mol. The molecule has 2 aliphatic carbocycles. The summed E-state index contributed by atoms with van der Waals surface area (Å²) in [5.41, 5.74) is 5.26. The zero-order chi connectivity index (χ0) is 16.2. The molecule has 2 unspecified atom stereocenters. The molecule has 2 radical (unpaired) electrons. The Morgan fingerprint density at radius 2 is 1.19 bits per heavy atom. The Balaban J connectivity index is 0.00000121. The Hall–Kier alpha value is -0.730. The van der Waals surface area contributed by atoms with Gasteiger partial charge in [0.1, 0.15) is 0 Å². The molecule has 4 rings (SSSR count). The first-order valence-electron chi connectivity index (χ1n) is 7.78. The van der Waals surface area contributed by atoms with Gasteiger partial charge in [-0.05, 0) is 22.3 Å². The monoisotopic (exact) mass is 458 g/mol. The summed E-state index contributed by atoms with van der Waals surface area (Å²) in [5, 5.41) is 10.0. The zero-order valence-electron chi connectivity index (χ0n) is 15.2. The fraction of sp³-hybridized carbons (Fsp3) is 0.182. The van der Waals surface area contributed by atoms with Gasteiger partial charge in [-0.15, -0.1) is 12.4 Å². The van der Waals surface area contributed by atoms with Crippen LogP contribution in [0.15, 0.2) is 60.7 Å². The Morgan fingerprint density at radius 3 is 1.58 bits per heavy atom. The van der Waals surface area contributed by atoms with Crippen molar-refractivity contribution in [3.8, 4) is 0 Å². The van der Waals surface area contributed by atoms with Gasteiger partial charge in [0.15, 0.2) is 0 Å². The van der Waals surface area contributed by atoms with E-state index >= 15 is 0 Å². The van der Waals surface area contributed by atoms with E-state index in [2.05, 4.69) is 79.7 Å². The Labute approximate surface area is 181 Å². The van der Waals surface area contributed by atoms with E-state index in [0.717, 1.165) is 0 Å². The van der Waals surface area contributed by atoms with Crippen molar-refractivity contribution < 1.29 is 28.4 Å². The van der Waals surface area contributed by atoms with Crippen LogP contribution in [0.2, 0.25) is 0 Å². The normalized spacial score (nSPS) is 18.9. The summed E-state index contributed by atoms with van der Waals surface area (Å²) in [7, 11) is 0. The van der Waals surface area contributed by atoms with Gasteiger partial charge in [-0.3, -0.25) is 0 Å². The minimum absolute atomic E-state index is 0. The molecule has 134 valence electrons. The Bertz CT molecular complexity index is 698. The number of benzene rings is 2. The molecule has 1 N–H and O–H groups in total. The van der Waals surface area contributed by atoms with Gasteiger partial charge in [-0.1, -0.05) is 72.8 Å². The summed E-state index contributed by atoms with van der Waals surface area (Å²) >= 11 is 1.36. The number of aliphatic hydroxyl groups is 1. The number of hydrogen-bond donors (Lipinski definition) is 1. The van der Waals surface area contributed by atoms with Crippen molar-refractivity contribution in [2.75, 3.05) is 6.61 Å². The van der Waals surface area contributed by atoms with E-state index in [1.807, 2.05) is 0 Å². The number of allylic oxidation sites excluding steroid dienone is 2. The summed E-state index contributed by atoms with van der Waals surface area (Å²) in [4.78, 5) is 0. The molecule has 1 nitrogen and oxygen atoms in total. The van der Waals surface area contributed by atoms with Gasteiger partial charge in [0.25, 0.3) is 0 Å². The van der Waals surface area contributed by atoms with Crippen molar-refractivity contribution in [2.24, 2.45) is 5.92 Å². The number of fused-ring (bicyclic) bond motifs is 2. The second-order valence-electron chi connectivity index (χ2n) is 5.87. The van der Waals surface area contributed by atoms with Gasteiger partial charge in [-0.25, -0.2) is 0 Å². The second kappa shape index (κ2) is 11.9. The molecule has 0 saturated carbocycles. The van der Waals surface area contributed by atoms with Gasteiger partial charge in [0.05, 0.1) is 0 Å². The molecular weight excluding hydrogens is 435 g/mol. The summed E-state index contributed by atoms with van der Waals surface area (Å²) in [5.74, 6) is 0.795. The van der Waals surface area contributed by atoms with Gasteiger partial charge < -0.3 is 20.0 Å². The van der Waals surface area contributed by atoms with Crippen molar-refractivity contribution in [3.63, 3.8) is 0 Å². The van der Waals surface area contributed by atoms with Crippen LogP contribution in [0, 0.1) is 20.8 Å². The van der Waals surface area contributed by atoms with Crippen molar-refractivity contribution in [1.29, 1.82) is 0 Å². The minimum atomic E-state index is 0. The molecule has 0 amide bonds. The molecule has 0 aliphatic heterocycles. The third-order valence-electron chi connectivity index (χ3n) is 4.81. The van der Waals surface area contributed by atoms with Crippen molar-refractivity contribution in [1.82, 2.24) is 0 Å². The Kier molecular flexibility index (Phi) is 11.5. The first-order valence-corrected chi connectivity index (χ1v) is 12.0. The molecule has 2 atom stereocenters. The van der Waals surface area contributed by atoms with Crippen LogP contribution in [0.1, 0.15) is 34.1 Å². The summed E-state index contributed by atoms with van der Waals surface area (Å²) < 4.78 is 0. The summed E-state index contributed by atoms with van der Waals surface area (Å²) in [6.07, 6.45) is 8.88. The predicted octanol–water partition coefficient (Wildman–Crippen LogP) is 5.16. The van der Waals surface area contributed by atoms with E-state index in [1.54, 1.807) is 0 Å². The summed E-state index contributed by atoms with van der Waals surface area (Å²) in [6, 6.07) is 17.0. The maximum absolute atomic E-state index is 10.0. The quantitative estimate of drug-likeness (QED) is 0.496. The van der Waals surface area contributed by atoms with E-state index < -0.39 is 0 Å².